The van der Waals surface area contributed by atoms with Crippen molar-refractivity contribution in [3.8, 4) is 0 Å². The van der Waals surface area contributed by atoms with Gasteiger partial charge in [0.15, 0.2) is 0 Å². The van der Waals surface area contributed by atoms with E-state index in [4.69, 9.17) is 11.6 Å². The first kappa shape index (κ1) is 14.3. The zero-order valence-electron chi connectivity index (χ0n) is 10.4. The van der Waals surface area contributed by atoms with Crippen LogP contribution < -0.4 is 0 Å². The smallest absolute Gasteiger partial charge is 0.211 e. The third kappa shape index (κ3) is 4.22. The van der Waals surface area contributed by atoms with Gasteiger partial charge in [-0.2, -0.15) is 0 Å². The Morgan fingerprint density at radius 1 is 1.44 bits per heavy atom. The van der Waals surface area contributed by atoms with Crippen molar-refractivity contribution in [1.82, 2.24) is 4.31 Å². The Morgan fingerprint density at radius 2 is 2.06 bits per heavy atom. The lowest BCUT2D eigenvalue weighted by Crippen LogP contribution is -2.40. The van der Waals surface area contributed by atoms with Crippen LogP contribution in [0.1, 0.15) is 33.1 Å². The molecule has 1 fully saturated rings. The SMILES string of the molecule is CC(C)(CCl)CC1CCCN(S(C)(=O)=O)C1. The second kappa shape index (κ2) is 5.23. The predicted octanol–water partition coefficient (Wildman–Crippen LogP) is 2.31. The number of sulfonamides is 1. The van der Waals surface area contributed by atoms with Crippen LogP contribution in [0.3, 0.4) is 0 Å². The first-order valence-electron chi connectivity index (χ1n) is 5.76. The highest BCUT2D eigenvalue weighted by atomic mass is 35.5. The fourth-order valence-corrected chi connectivity index (χ4v) is 3.38. The normalized spacial score (nSPS) is 24.6. The Labute approximate surface area is 104 Å². The van der Waals surface area contributed by atoms with Gasteiger partial charge in [0.05, 0.1) is 6.26 Å². The molecule has 1 rings (SSSR count). The Balaban J connectivity index is 2.58. The molecular weight excluding hydrogens is 246 g/mol. The number of hydrogen-bond donors (Lipinski definition) is 0. The molecule has 1 heterocycles. The van der Waals surface area contributed by atoms with E-state index >= 15 is 0 Å². The van der Waals surface area contributed by atoms with E-state index in [9.17, 15) is 8.42 Å². The van der Waals surface area contributed by atoms with Gasteiger partial charge in [-0.3, -0.25) is 0 Å². The maximum atomic E-state index is 11.5. The van der Waals surface area contributed by atoms with Crippen molar-refractivity contribution in [1.29, 1.82) is 0 Å². The summed E-state index contributed by atoms with van der Waals surface area (Å²) in [5.74, 6) is 1.08. The van der Waals surface area contributed by atoms with Crippen LogP contribution in [0.15, 0.2) is 0 Å². The molecule has 96 valence electrons. The molecule has 0 bridgehead atoms. The van der Waals surface area contributed by atoms with E-state index in [0.717, 1.165) is 19.3 Å². The van der Waals surface area contributed by atoms with Crippen LogP contribution in [0.4, 0.5) is 0 Å². The molecule has 16 heavy (non-hydrogen) atoms. The molecule has 3 nitrogen and oxygen atoms in total. The summed E-state index contributed by atoms with van der Waals surface area (Å²) in [6.45, 7) is 5.62. The van der Waals surface area contributed by atoms with Crippen LogP contribution in [0.5, 0.6) is 0 Å². The molecule has 5 heteroatoms. The molecule has 1 aliphatic rings. The van der Waals surface area contributed by atoms with Gasteiger partial charge in [-0.25, -0.2) is 12.7 Å². The van der Waals surface area contributed by atoms with Gasteiger partial charge in [0.1, 0.15) is 0 Å². The Kier molecular flexibility index (Phi) is 4.66. The highest BCUT2D eigenvalue weighted by Crippen LogP contribution is 2.32. The Bertz CT molecular complexity index is 327. The second-order valence-electron chi connectivity index (χ2n) is 5.63. The Hall–Kier alpha value is 0.200. The lowest BCUT2D eigenvalue weighted by molar-refractivity contribution is 0.203. The summed E-state index contributed by atoms with van der Waals surface area (Å²) in [4.78, 5) is 0. The minimum absolute atomic E-state index is 0.104. The largest absolute Gasteiger partial charge is 0.213 e. The van der Waals surface area contributed by atoms with Crippen molar-refractivity contribution in [2.45, 2.75) is 33.1 Å². The second-order valence-corrected chi connectivity index (χ2v) is 7.88. The number of nitrogens with zero attached hydrogens (tertiary/aromatic N) is 1. The lowest BCUT2D eigenvalue weighted by Gasteiger charge is -2.35. The van der Waals surface area contributed by atoms with Gasteiger partial charge >= 0.3 is 0 Å². The highest BCUT2D eigenvalue weighted by Gasteiger charge is 2.29. The van der Waals surface area contributed by atoms with Gasteiger partial charge in [0, 0.05) is 19.0 Å². The van der Waals surface area contributed by atoms with E-state index < -0.39 is 10.0 Å². The molecule has 0 aliphatic carbocycles. The summed E-state index contributed by atoms with van der Waals surface area (Å²) in [7, 11) is -3.02. The average Bonchev–Trinajstić information content (AvgIpc) is 2.16. The molecule has 1 saturated heterocycles. The van der Waals surface area contributed by atoms with Crippen LogP contribution in [0.25, 0.3) is 0 Å². The maximum absolute atomic E-state index is 11.5. The molecule has 0 N–H and O–H groups in total. The number of rotatable bonds is 4. The fourth-order valence-electron chi connectivity index (χ4n) is 2.33. The van der Waals surface area contributed by atoms with E-state index in [-0.39, 0.29) is 5.41 Å². The fraction of sp³-hybridized carbons (Fsp3) is 1.00. The zero-order valence-corrected chi connectivity index (χ0v) is 11.9. The summed E-state index contributed by atoms with van der Waals surface area (Å²) in [5.41, 5.74) is 0.104. The topological polar surface area (TPSA) is 37.4 Å². The third-order valence-corrected chi connectivity index (χ3v) is 5.15. The summed E-state index contributed by atoms with van der Waals surface area (Å²) < 4.78 is 24.5. The van der Waals surface area contributed by atoms with Crippen molar-refractivity contribution in [2.75, 3.05) is 25.2 Å². The summed E-state index contributed by atoms with van der Waals surface area (Å²) in [6.07, 6.45) is 4.38. The molecule has 0 spiro atoms. The molecule has 1 unspecified atom stereocenters. The summed E-state index contributed by atoms with van der Waals surface area (Å²) >= 11 is 5.91. The van der Waals surface area contributed by atoms with Crippen LogP contribution >= 0.6 is 11.6 Å². The summed E-state index contributed by atoms with van der Waals surface area (Å²) in [6, 6.07) is 0. The highest BCUT2D eigenvalue weighted by molar-refractivity contribution is 7.88. The van der Waals surface area contributed by atoms with E-state index in [0.29, 0.717) is 24.9 Å². The first-order chi connectivity index (χ1) is 7.24. The quantitative estimate of drug-likeness (QED) is 0.733. The maximum Gasteiger partial charge on any atom is 0.211 e. The number of halogens is 1. The molecule has 1 aliphatic heterocycles. The molecule has 1 atom stereocenters. The number of alkyl halides is 1. The lowest BCUT2D eigenvalue weighted by atomic mass is 9.81. The minimum Gasteiger partial charge on any atom is -0.213 e. The third-order valence-electron chi connectivity index (χ3n) is 3.15. The van der Waals surface area contributed by atoms with Gasteiger partial charge < -0.3 is 0 Å². The first-order valence-corrected chi connectivity index (χ1v) is 8.14. The van der Waals surface area contributed by atoms with Crippen molar-refractivity contribution in [2.24, 2.45) is 11.3 Å². The van der Waals surface area contributed by atoms with Crippen molar-refractivity contribution in [3.63, 3.8) is 0 Å². The molecule has 0 radical (unpaired) electrons. The molecule has 0 saturated carbocycles. The predicted molar refractivity (Wildman–Crippen MR) is 68.3 cm³/mol. The van der Waals surface area contributed by atoms with Crippen molar-refractivity contribution in [3.05, 3.63) is 0 Å². The van der Waals surface area contributed by atoms with Crippen LogP contribution in [-0.4, -0.2) is 37.9 Å². The van der Waals surface area contributed by atoms with Gasteiger partial charge in [-0.15, -0.1) is 11.6 Å². The Morgan fingerprint density at radius 3 is 2.56 bits per heavy atom. The van der Waals surface area contributed by atoms with Gasteiger partial charge in [-0.05, 0) is 30.6 Å². The van der Waals surface area contributed by atoms with E-state index in [1.807, 2.05) is 0 Å². The average molecular weight is 268 g/mol. The number of piperidine rings is 1. The molecule has 0 aromatic heterocycles. The van der Waals surface area contributed by atoms with Crippen LogP contribution in [-0.2, 0) is 10.0 Å². The van der Waals surface area contributed by atoms with E-state index in [2.05, 4.69) is 13.8 Å². The van der Waals surface area contributed by atoms with Gasteiger partial charge in [0.25, 0.3) is 0 Å². The standard InChI is InChI=1S/C11H22ClNO2S/c1-11(2,9-12)7-10-5-4-6-13(8-10)16(3,14)15/h10H,4-9H2,1-3H3. The van der Waals surface area contributed by atoms with Gasteiger partial charge in [-0.1, -0.05) is 13.8 Å². The van der Waals surface area contributed by atoms with Crippen LogP contribution in [0.2, 0.25) is 0 Å². The summed E-state index contributed by atoms with van der Waals surface area (Å²) in [5, 5.41) is 0. The monoisotopic (exact) mass is 267 g/mol. The van der Waals surface area contributed by atoms with E-state index in [1.54, 1.807) is 4.31 Å². The van der Waals surface area contributed by atoms with Crippen LogP contribution in [0, 0.1) is 11.3 Å². The van der Waals surface area contributed by atoms with E-state index in [1.165, 1.54) is 6.26 Å². The molecule has 0 amide bonds. The van der Waals surface area contributed by atoms with Crippen molar-refractivity contribution < 1.29 is 8.42 Å². The van der Waals surface area contributed by atoms with Gasteiger partial charge in [0.2, 0.25) is 10.0 Å². The minimum atomic E-state index is -3.02. The zero-order chi connectivity index (χ0) is 12.4. The number of hydrogen-bond acceptors (Lipinski definition) is 2. The molecule has 0 aromatic rings. The molecule has 0 aromatic carbocycles. The molecular formula is C11H22ClNO2S. The van der Waals surface area contributed by atoms with Crippen molar-refractivity contribution >= 4 is 21.6 Å².